The Balaban J connectivity index is 1.63. The van der Waals surface area contributed by atoms with Gasteiger partial charge in [-0.25, -0.2) is 14.6 Å². The van der Waals surface area contributed by atoms with Gasteiger partial charge in [0.05, 0.1) is 34.0 Å². The summed E-state index contributed by atoms with van der Waals surface area (Å²) < 4.78 is 13.1. The van der Waals surface area contributed by atoms with Gasteiger partial charge in [0.1, 0.15) is 11.5 Å². The Hall–Kier alpha value is -4.50. The molecule has 0 saturated carbocycles. The van der Waals surface area contributed by atoms with Crippen LogP contribution in [-0.2, 0) is 9.53 Å². The normalized spacial score (nSPS) is 15.3. The van der Waals surface area contributed by atoms with Crippen molar-refractivity contribution >= 4 is 29.4 Å². The number of aromatic nitrogens is 1. The lowest BCUT2D eigenvalue weighted by Crippen LogP contribution is -2.39. The van der Waals surface area contributed by atoms with Gasteiger partial charge in [-0.1, -0.05) is 59.9 Å². The maximum absolute atomic E-state index is 13.6. The third-order valence-electron chi connectivity index (χ3n) is 5.96. The average Bonchev–Trinajstić information content (AvgIpc) is 3.48. The van der Waals surface area contributed by atoms with Crippen LogP contribution in [0, 0.1) is 0 Å². The molecule has 0 spiro atoms. The smallest absolute Gasteiger partial charge is 0.338 e. The predicted molar refractivity (Wildman–Crippen MR) is 138 cm³/mol. The van der Waals surface area contributed by atoms with E-state index in [1.165, 1.54) is 22.0 Å². The summed E-state index contributed by atoms with van der Waals surface area (Å²) in [5, 5.41) is 9.49. The lowest BCUT2D eigenvalue weighted by molar-refractivity contribution is -0.139. The molecule has 2 aromatic heterocycles. The van der Waals surface area contributed by atoms with Crippen molar-refractivity contribution < 1.29 is 23.8 Å². The molecule has 2 aromatic carbocycles. The molecule has 9 heteroatoms. The van der Waals surface area contributed by atoms with E-state index in [-0.39, 0.29) is 17.7 Å². The number of ether oxygens (including phenoxy) is 1. The highest BCUT2D eigenvalue weighted by atomic mass is 32.1. The van der Waals surface area contributed by atoms with Crippen LogP contribution in [0.1, 0.15) is 41.6 Å². The zero-order valence-electron chi connectivity index (χ0n) is 20.0. The molecule has 4 aromatic rings. The van der Waals surface area contributed by atoms with Gasteiger partial charge in [0.15, 0.2) is 4.80 Å². The van der Waals surface area contributed by atoms with E-state index in [4.69, 9.17) is 9.15 Å². The SMILES string of the molecule is CCOC(=O)C1=C(C)N=c2s/c(=C\c3ccc(-c4ccccc4C(=O)O)o3)c(=O)n2[C@H]1c1ccccc1. The number of thiazole rings is 1. The molecule has 0 amide bonds. The van der Waals surface area contributed by atoms with Gasteiger partial charge < -0.3 is 14.3 Å². The number of fused-ring (bicyclic) bond motifs is 1. The molecule has 0 saturated heterocycles. The Bertz CT molecular complexity index is 1730. The maximum Gasteiger partial charge on any atom is 0.338 e. The van der Waals surface area contributed by atoms with Crippen LogP contribution in [-0.4, -0.2) is 28.2 Å². The molecule has 186 valence electrons. The number of aromatic carboxylic acids is 1. The second kappa shape index (κ2) is 9.87. The number of furan rings is 1. The third kappa shape index (κ3) is 4.45. The number of carboxylic acid groups (broad SMARTS) is 1. The first kappa shape index (κ1) is 24.2. The molecule has 8 nitrogen and oxygen atoms in total. The number of carbonyl (C=O) groups is 2. The minimum absolute atomic E-state index is 0.118. The number of allylic oxidation sites excluding steroid dienone is 1. The number of hydrogen-bond donors (Lipinski definition) is 1. The van der Waals surface area contributed by atoms with Crippen molar-refractivity contribution in [3.05, 3.63) is 115 Å². The summed E-state index contributed by atoms with van der Waals surface area (Å²) in [6.45, 7) is 3.67. The first-order valence-corrected chi connectivity index (χ1v) is 12.4. The van der Waals surface area contributed by atoms with Gasteiger partial charge in [-0.05, 0) is 37.6 Å². The molecule has 1 atom stereocenters. The highest BCUT2D eigenvalue weighted by molar-refractivity contribution is 7.07. The summed E-state index contributed by atoms with van der Waals surface area (Å²) in [4.78, 5) is 43.2. The Morgan fingerprint density at radius 3 is 2.57 bits per heavy atom. The predicted octanol–water partition coefficient (Wildman–Crippen LogP) is 3.76. The van der Waals surface area contributed by atoms with E-state index in [2.05, 4.69) is 4.99 Å². The van der Waals surface area contributed by atoms with Crippen LogP contribution in [0.3, 0.4) is 0 Å². The van der Waals surface area contributed by atoms with Crippen molar-refractivity contribution in [2.45, 2.75) is 19.9 Å². The molecule has 5 rings (SSSR count). The first-order chi connectivity index (χ1) is 17.9. The summed E-state index contributed by atoms with van der Waals surface area (Å²) in [7, 11) is 0. The number of carbonyl (C=O) groups excluding carboxylic acids is 1. The van der Waals surface area contributed by atoms with E-state index in [1.807, 2.05) is 30.3 Å². The second-order valence-electron chi connectivity index (χ2n) is 8.27. The Morgan fingerprint density at radius 2 is 1.84 bits per heavy atom. The van der Waals surface area contributed by atoms with Crippen LogP contribution in [0.5, 0.6) is 0 Å². The second-order valence-corrected chi connectivity index (χ2v) is 9.27. The Morgan fingerprint density at radius 1 is 1.11 bits per heavy atom. The van der Waals surface area contributed by atoms with E-state index in [0.29, 0.717) is 37.7 Å². The Kier molecular flexibility index (Phi) is 6.45. The zero-order valence-corrected chi connectivity index (χ0v) is 20.8. The minimum atomic E-state index is -1.06. The van der Waals surface area contributed by atoms with Crippen molar-refractivity contribution in [1.29, 1.82) is 0 Å². The van der Waals surface area contributed by atoms with Gasteiger partial charge in [-0.2, -0.15) is 0 Å². The van der Waals surface area contributed by atoms with Crippen LogP contribution in [0.4, 0.5) is 0 Å². The van der Waals surface area contributed by atoms with Crippen LogP contribution >= 0.6 is 11.3 Å². The maximum atomic E-state index is 13.6. The van der Waals surface area contributed by atoms with Crippen LogP contribution in [0.25, 0.3) is 17.4 Å². The van der Waals surface area contributed by atoms with Gasteiger partial charge in [0.25, 0.3) is 5.56 Å². The molecular weight excluding hydrogens is 492 g/mol. The van der Waals surface area contributed by atoms with E-state index in [9.17, 15) is 19.5 Å². The molecule has 0 fully saturated rings. The highest BCUT2D eigenvalue weighted by Gasteiger charge is 2.33. The monoisotopic (exact) mass is 514 g/mol. The van der Waals surface area contributed by atoms with Crippen molar-refractivity contribution in [2.24, 2.45) is 4.99 Å². The standard InChI is InChI=1S/C28H22N2O6S/c1-3-35-27(34)23-16(2)29-28-30(24(23)17-9-5-4-6-10-17)25(31)22(37-28)15-18-13-14-21(36-18)19-11-7-8-12-20(19)26(32)33/h4-15,24H,3H2,1-2H3,(H,32,33)/b22-15-/t24-/m0/s1. The Labute approximate surface area is 215 Å². The molecule has 0 aliphatic carbocycles. The average molecular weight is 515 g/mol. The molecule has 1 aliphatic heterocycles. The van der Waals surface area contributed by atoms with E-state index >= 15 is 0 Å². The first-order valence-electron chi connectivity index (χ1n) is 11.6. The number of nitrogens with zero attached hydrogens (tertiary/aromatic N) is 2. The molecule has 3 heterocycles. The fourth-order valence-electron chi connectivity index (χ4n) is 4.33. The minimum Gasteiger partial charge on any atom is -0.478 e. The van der Waals surface area contributed by atoms with Gasteiger partial charge >= 0.3 is 11.9 Å². The summed E-state index contributed by atoms with van der Waals surface area (Å²) in [5.41, 5.74) is 1.81. The fraction of sp³-hybridized carbons (Fsp3) is 0.143. The summed E-state index contributed by atoms with van der Waals surface area (Å²) in [5.74, 6) is -0.812. The molecule has 37 heavy (non-hydrogen) atoms. The molecule has 0 unspecified atom stereocenters. The lowest BCUT2D eigenvalue weighted by atomic mass is 9.96. The van der Waals surface area contributed by atoms with Crippen LogP contribution < -0.4 is 14.9 Å². The van der Waals surface area contributed by atoms with Crippen LogP contribution in [0.2, 0.25) is 0 Å². The van der Waals surface area contributed by atoms with Crippen molar-refractivity contribution in [1.82, 2.24) is 4.57 Å². The quantitative estimate of drug-likeness (QED) is 0.392. The fourth-order valence-corrected chi connectivity index (χ4v) is 5.36. The van der Waals surface area contributed by atoms with Gasteiger partial charge in [-0.3, -0.25) is 9.36 Å². The van der Waals surface area contributed by atoms with Gasteiger partial charge in [-0.15, -0.1) is 0 Å². The molecule has 1 aliphatic rings. The summed E-state index contributed by atoms with van der Waals surface area (Å²) in [6, 6.07) is 18.5. The van der Waals surface area contributed by atoms with Crippen molar-refractivity contribution in [2.75, 3.05) is 6.61 Å². The van der Waals surface area contributed by atoms with Gasteiger partial charge in [0, 0.05) is 11.6 Å². The largest absolute Gasteiger partial charge is 0.478 e. The number of carboxylic acids is 1. The number of hydrogen-bond acceptors (Lipinski definition) is 7. The topological polar surface area (TPSA) is 111 Å². The van der Waals surface area contributed by atoms with Gasteiger partial charge in [0.2, 0.25) is 0 Å². The molecule has 0 bridgehead atoms. The van der Waals surface area contributed by atoms with E-state index < -0.39 is 18.0 Å². The highest BCUT2D eigenvalue weighted by Crippen LogP contribution is 2.30. The van der Waals surface area contributed by atoms with E-state index in [0.717, 1.165) is 5.56 Å². The number of benzene rings is 2. The lowest BCUT2D eigenvalue weighted by Gasteiger charge is -2.24. The zero-order chi connectivity index (χ0) is 26.1. The molecule has 1 N–H and O–H groups in total. The number of rotatable bonds is 6. The molecular formula is C28H22N2O6S. The van der Waals surface area contributed by atoms with E-state index in [1.54, 1.807) is 50.3 Å². The van der Waals surface area contributed by atoms with Crippen molar-refractivity contribution in [3.63, 3.8) is 0 Å². The summed E-state index contributed by atoms with van der Waals surface area (Å²) >= 11 is 1.19. The van der Waals surface area contributed by atoms with Crippen LogP contribution in [0.15, 0.2) is 92.2 Å². The molecule has 0 radical (unpaired) electrons. The number of esters is 1. The third-order valence-corrected chi connectivity index (χ3v) is 6.94. The van der Waals surface area contributed by atoms with Crippen molar-refractivity contribution in [3.8, 4) is 11.3 Å². The summed E-state index contributed by atoms with van der Waals surface area (Å²) in [6.07, 6.45) is 1.60.